The molecule has 1 fully saturated rings. The van der Waals surface area contributed by atoms with Crippen molar-refractivity contribution in [3.8, 4) is 0 Å². The van der Waals surface area contributed by atoms with E-state index < -0.39 is 5.60 Å². The van der Waals surface area contributed by atoms with Crippen molar-refractivity contribution in [1.29, 1.82) is 0 Å². The zero-order valence-corrected chi connectivity index (χ0v) is 11.4. The van der Waals surface area contributed by atoms with Crippen molar-refractivity contribution in [2.45, 2.75) is 25.0 Å². The van der Waals surface area contributed by atoms with Gasteiger partial charge in [0.05, 0.1) is 12.2 Å². The molecule has 0 bridgehead atoms. The Hall–Kier alpha value is -0.940. The summed E-state index contributed by atoms with van der Waals surface area (Å²) in [5.74, 6) is 0. The van der Waals surface area contributed by atoms with E-state index >= 15 is 0 Å². The van der Waals surface area contributed by atoms with Gasteiger partial charge in [0.2, 0.25) is 0 Å². The number of nitrogens with zero attached hydrogens (tertiary/aromatic N) is 1. The molecule has 4 heteroatoms. The first-order valence-corrected chi connectivity index (χ1v) is 7.02. The molecule has 0 unspecified atom stereocenters. The SMILES string of the molecule is OCCN(Cc1ccccc1)CC1(O)CCNCC1. The molecule has 1 saturated heterocycles. The second-order valence-corrected chi connectivity index (χ2v) is 5.39. The highest BCUT2D eigenvalue weighted by Gasteiger charge is 2.31. The van der Waals surface area contributed by atoms with Crippen LogP contribution in [0.4, 0.5) is 0 Å². The zero-order valence-electron chi connectivity index (χ0n) is 11.4. The second-order valence-electron chi connectivity index (χ2n) is 5.39. The van der Waals surface area contributed by atoms with Gasteiger partial charge in [0, 0.05) is 19.6 Å². The van der Waals surface area contributed by atoms with E-state index in [0.29, 0.717) is 13.1 Å². The van der Waals surface area contributed by atoms with Gasteiger partial charge in [0.25, 0.3) is 0 Å². The summed E-state index contributed by atoms with van der Waals surface area (Å²) in [6.07, 6.45) is 1.56. The van der Waals surface area contributed by atoms with E-state index in [2.05, 4.69) is 22.3 Å². The molecule has 1 aromatic rings. The Morgan fingerprint density at radius 3 is 2.47 bits per heavy atom. The van der Waals surface area contributed by atoms with E-state index in [9.17, 15) is 10.2 Å². The summed E-state index contributed by atoms with van der Waals surface area (Å²) in [7, 11) is 0. The van der Waals surface area contributed by atoms with Crippen LogP contribution in [0.5, 0.6) is 0 Å². The van der Waals surface area contributed by atoms with Gasteiger partial charge in [0.1, 0.15) is 0 Å². The number of hydrogen-bond acceptors (Lipinski definition) is 4. The molecular weight excluding hydrogens is 240 g/mol. The van der Waals surface area contributed by atoms with Crippen LogP contribution < -0.4 is 5.32 Å². The Morgan fingerprint density at radius 1 is 1.16 bits per heavy atom. The van der Waals surface area contributed by atoms with Crippen molar-refractivity contribution >= 4 is 0 Å². The van der Waals surface area contributed by atoms with Crippen LogP contribution in [-0.4, -0.2) is 53.5 Å². The topological polar surface area (TPSA) is 55.7 Å². The summed E-state index contributed by atoms with van der Waals surface area (Å²) in [6, 6.07) is 10.2. The van der Waals surface area contributed by atoms with E-state index in [-0.39, 0.29) is 6.61 Å². The van der Waals surface area contributed by atoms with Crippen LogP contribution in [-0.2, 0) is 6.54 Å². The highest BCUT2D eigenvalue weighted by atomic mass is 16.3. The molecule has 3 N–H and O–H groups in total. The lowest BCUT2D eigenvalue weighted by atomic mass is 9.91. The van der Waals surface area contributed by atoms with E-state index in [4.69, 9.17) is 0 Å². The van der Waals surface area contributed by atoms with Gasteiger partial charge in [-0.25, -0.2) is 0 Å². The fraction of sp³-hybridized carbons (Fsp3) is 0.600. The second kappa shape index (κ2) is 7.01. The molecule has 0 radical (unpaired) electrons. The quantitative estimate of drug-likeness (QED) is 0.704. The Labute approximate surface area is 115 Å². The van der Waals surface area contributed by atoms with Crippen molar-refractivity contribution in [1.82, 2.24) is 10.2 Å². The molecule has 4 nitrogen and oxygen atoms in total. The highest BCUT2D eigenvalue weighted by molar-refractivity contribution is 5.14. The third kappa shape index (κ3) is 4.58. The van der Waals surface area contributed by atoms with Crippen LogP contribution in [0.1, 0.15) is 18.4 Å². The summed E-state index contributed by atoms with van der Waals surface area (Å²) in [4.78, 5) is 2.14. The number of nitrogens with one attached hydrogen (secondary N) is 1. The maximum Gasteiger partial charge on any atom is 0.0798 e. The zero-order chi connectivity index (χ0) is 13.6. The summed E-state index contributed by atoms with van der Waals surface area (Å²) in [5.41, 5.74) is 0.600. The maximum atomic E-state index is 10.6. The maximum absolute atomic E-state index is 10.6. The van der Waals surface area contributed by atoms with Gasteiger partial charge in [-0.1, -0.05) is 30.3 Å². The van der Waals surface area contributed by atoms with Crippen molar-refractivity contribution in [2.75, 3.05) is 32.8 Å². The van der Waals surface area contributed by atoms with Crippen LogP contribution in [0.3, 0.4) is 0 Å². The molecule has 1 aromatic carbocycles. The van der Waals surface area contributed by atoms with E-state index in [0.717, 1.165) is 32.5 Å². The first-order valence-electron chi connectivity index (χ1n) is 7.02. The minimum Gasteiger partial charge on any atom is -0.395 e. The predicted molar refractivity (Wildman–Crippen MR) is 75.9 cm³/mol. The number of aliphatic hydroxyl groups is 2. The molecule has 1 heterocycles. The van der Waals surface area contributed by atoms with E-state index in [1.165, 1.54) is 5.56 Å². The Morgan fingerprint density at radius 2 is 1.84 bits per heavy atom. The van der Waals surface area contributed by atoms with Crippen LogP contribution in [0.25, 0.3) is 0 Å². The van der Waals surface area contributed by atoms with Crippen LogP contribution in [0.2, 0.25) is 0 Å². The molecule has 19 heavy (non-hydrogen) atoms. The summed E-state index contributed by atoms with van der Waals surface area (Å²) >= 11 is 0. The van der Waals surface area contributed by atoms with E-state index in [1.807, 2.05) is 18.2 Å². The molecule has 1 aliphatic heterocycles. The van der Waals surface area contributed by atoms with Gasteiger partial charge in [-0.3, -0.25) is 4.90 Å². The molecule has 0 aromatic heterocycles. The molecule has 0 spiro atoms. The summed E-state index contributed by atoms with van der Waals surface area (Å²) in [5, 5.41) is 23.0. The molecule has 0 amide bonds. The van der Waals surface area contributed by atoms with Gasteiger partial charge < -0.3 is 15.5 Å². The fourth-order valence-electron chi connectivity index (χ4n) is 2.66. The smallest absolute Gasteiger partial charge is 0.0798 e. The Bertz CT molecular complexity index is 364. The molecule has 106 valence electrons. The lowest BCUT2D eigenvalue weighted by Gasteiger charge is -2.37. The summed E-state index contributed by atoms with van der Waals surface area (Å²) < 4.78 is 0. The average Bonchev–Trinajstić information content (AvgIpc) is 2.40. The Balaban J connectivity index is 1.95. The minimum absolute atomic E-state index is 0.126. The van der Waals surface area contributed by atoms with Crippen LogP contribution in [0.15, 0.2) is 30.3 Å². The largest absolute Gasteiger partial charge is 0.395 e. The third-order valence-corrected chi connectivity index (χ3v) is 3.72. The number of rotatable bonds is 6. The first kappa shape index (κ1) is 14.5. The normalized spacial score (nSPS) is 18.7. The van der Waals surface area contributed by atoms with Crippen molar-refractivity contribution < 1.29 is 10.2 Å². The van der Waals surface area contributed by atoms with Crippen LogP contribution in [0, 0.1) is 0 Å². The third-order valence-electron chi connectivity index (χ3n) is 3.72. The molecule has 1 aliphatic rings. The van der Waals surface area contributed by atoms with Crippen molar-refractivity contribution in [2.24, 2.45) is 0 Å². The lowest BCUT2D eigenvalue weighted by molar-refractivity contribution is -0.0255. The molecule has 0 aliphatic carbocycles. The highest BCUT2D eigenvalue weighted by Crippen LogP contribution is 2.20. The average molecular weight is 264 g/mol. The fourth-order valence-corrected chi connectivity index (χ4v) is 2.66. The number of hydrogen-bond donors (Lipinski definition) is 3. The van der Waals surface area contributed by atoms with Crippen molar-refractivity contribution in [3.63, 3.8) is 0 Å². The standard InChI is InChI=1S/C15H24N2O2/c18-11-10-17(12-14-4-2-1-3-5-14)13-15(19)6-8-16-9-7-15/h1-5,16,18-19H,6-13H2. The van der Waals surface area contributed by atoms with Gasteiger partial charge in [-0.15, -0.1) is 0 Å². The van der Waals surface area contributed by atoms with E-state index in [1.54, 1.807) is 0 Å². The van der Waals surface area contributed by atoms with Gasteiger partial charge in [0.15, 0.2) is 0 Å². The molecule has 0 saturated carbocycles. The predicted octanol–water partition coefficient (Wildman–Crippen LogP) is 0.595. The summed E-state index contributed by atoms with van der Waals surface area (Å²) in [6.45, 7) is 3.87. The molecule has 2 rings (SSSR count). The lowest BCUT2D eigenvalue weighted by Crippen LogP contribution is -2.50. The van der Waals surface area contributed by atoms with Gasteiger partial charge in [-0.05, 0) is 31.5 Å². The number of aliphatic hydroxyl groups excluding tert-OH is 1. The number of benzene rings is 1. The molecule has 0 atom stereocenters. The monoisotopic (exact) mass is 264 g/mol. The Kier molecular flexibility index (Phi) is 5.34. The van der Waals surface area contributed by atoms with Crippen molar-refractivity contribution in [3.05, 3.63) is 35.9 Å². The van der Waals surface area contributed by atoms with Gasteiger partial charge in [-0.2, -0.15) is 0 Å². The van der Waals surface area contributed by atoms with Crippen LogP contribution >= 0.6 is 0 Å². The van der Waals surface area contributed by atoms with Gasteiger partial charge >= 0.3 is 0 Å². The first-order chi connectivity index (χ1) is 9.22. The minimum atomic E-state index is -0.616. The molecular formula is C15H24N2O2. The number of piperidine rings is 1.